The van der Waals surface area contributed by atoms with Crippen molar-refractivity contribution < 1.29 is 13.9 Å². The van der Waals surface area contributed by atoms with Crippen LogP contribution in [-0.2, 0) is 16.1 Å². The van der Waals surface area contributed by atoms with E-state index < -0.39 is 0 Å². The molecule has 8 heteroatoms. The number of hydrogen-bond acceptors (Lipinski definition) is 6. The molecule has 26 heavy (non-hydrogen) atoms. The highest BCUT2D eigenvalue weighted by molar-refractivity contribution is 7.99. The van der Waals surface area contributed by atoms with Gasteiger partial charge < -0.3 is 14.1 Å². The standard InChI is InChI=1S/C18H24N4O3S/c1-13-15(6-10-24-13)17-19-20-18(22(17)11-14-5-4-9-25-14)26-12-16(23)21-7-2-3-8-21/h6,10,14H,2-5,7-9,11-12H2,1H3. The van der Waals surface area contributed by atoms with Gasteiger partial charge in [-0.25, -0.2) is 0 Å². The smallest absolute Gasteiger partial charge is 0.233 e. The summed E-state index contributed by atoms with van der Waals surface area (Å²) < 4.78 is 13.3. The minimum Gasteiger partial charge on any atom is -0.469 e. The number of nitrogens with zero attached hydrogens (tertiary/aromatic N) is 4. The highest BCUT2D eigenvalue weighted by Crippen LogP contribution is 2.29. The first kappa shape index (κ1) is 17.6. The number of thioether (sulfide) groups is 1. The van der Waals surface area contributed by atoms with Gasteiger partial charge in [0.1, 0.15) is 5.76 Å². The van der Waals surface area contributed by atoms with Crippen LogP contribution in [0.3, 0.4) is 0 Å². The molecule has 0 radical (unpaired) electrons. The van der Waals surface area contributed by atoms with Gasteiger partial charge in [0.05, 0.1) is 30.2 Å². The first-order valence-corrected chi connectivity index (χ1v) is 10.2. The molecular formula is C18H24N4O3S. The maximum absolute atomic E-state index is 12.4. The van der Waals surface area contributed by atoms with Crippen molar-refractivity contribution in [1.82, 2.24) is 19.7 Å². The Labute approximate surface area is 157 Å². The highest BCUT2D eigenvalue weighted by atomic mass is 32.2. The number of rotatable bonds is 6. The third-order valence-electron chi connectivity index (χ3n) is 5.01. The second-order valence-corrected chi connectivity index (χ2v) is 7.76. The number of ether oxygens (including phenoxy) is 1. The molecule has 0 aliphatic carbocycles. The Bertz CT molecular complexity index is 760. The molecule has 1 amide bonds. The SMILES string of the molecule is Cc1occc1-c1nnc(SCC(=O)N2CCCC2)n1CC1CCCO1. The molecule has 1 unspecified atom stereocenters. The molecule has 7 nitrogen and oxygen atoms in total. The van der Waals surface area contributed by atoms with E-state index in [0.29, 0.717) is 12.3 Å². The molecule has 1 atom stereocenters. The summed E-state index contributed by atoms with van der Waals surface area (Å²) in [6.45, 7) is 5.18. The van der Waals surface area contributed by atoms with E-state index in [4.69, 9.17) is 9.15 Å². The molecule has 2 aromatic heterocycles. The van der Waals surface area contributed by atoms with Crippen LogP contribution in [0.1, 0.15) is 31.4 Å². The Morgan fingerprint density at radius 3 is 2.85 bits per heavy atom. The zero-order valence-electron chi connectivity index (χ0n) is 15.0. The van der Waals surface area contributed by atoms with Crippen LogP contribution in [0.15, 0.2) is 21.9 Å². The van der Waals surface area contributed by atoms with Crippen molar-refractivity contribution in [2.24, 2.45) is 0 Å². The normalized spacial score (nSPS) is 20.2. The molecule has 2 aromatic rings. The lowest BCUT2D eigenvalue weighted by atomic mass is 10.2. The molecule has 0 aromatic carbocycles. The summed E-state index contributed by atoms with van der Waals surface area (Å²) in [5.41, 5.74) is 0.938. The van der Waals surface area contributed by atoms with Crippen molar-refractivity contribution in [1.29, 1.82) is 0 Å². The van der Waals surface area contributed by atoms with Crippen LogP contribution in [-0.4, -0.2) is 57.1 Å². The minimum absolute atomic E-state index is 0.172. The maximum atomic E-state index is 12.4. The maximum Gasteiger partial charge on any atom is 0.233 e. The van der Waals surface area contributed by atoms with Crippen molar-refractivity contribution in [3.8, 4) is 11.4 Å². The van der Waals surface area contributed by atoms with Gasteiger partial charge in [-0.05, 0) is 38.7 Å². The average Bonchev–Trinajstić information content (AvgIpc) is 3.42. The Balaban J connectivity index is 1.54. The largest absolute Gasteiger partial charge is 0.469 e. The summed E-state index contributed by atoms with van der Waals surface area (Å²) in [7, 11) is 0. The predicted octanol–water partition coefficient (Wildman–Crippen LogP) is 2.74. The second-order valence-electron chi connectivity index (χ2n) is 6.82. The van der Waals surface area contributed by atoms with Crippen LogP contribution in [0.4, 0.5) is 0 Å². The van der Waals surface area contributed by atoms with E-state index in [0.717, 1.165) is 67.7 Å². The fraction of sp³-hybridized carbons (Fsp3) is 0.611. The van der Waals surface area contributed by atoms with E-state index in [-0.39, 0.29) is 12.0 Å². The van der Waals surface area contributed by atoms with Gasteiger partial charge in [-0.15, -0.1) is 10.2 Å². The van der Waals surface area contributed by atoms with Crippen molar-refractivity contribution in [2.75, 3.05) is 25.4 Å². The molecule has 2 aliphatic rings. The number of carbonyl (C=O) groups is 1. The van der Waals surface area contributed by atoms with E-state index in [1.165, 1.54) is 11.8 Å². The summed E-state index contributed by atoms with van der Waals surface area (Å²) in [5, 5.41) is 9.52. The third-order valence-corrected chi connectivity index (χ3v) is 5.96. The van der Waals surface area contributed by atoms with Gasteiger partial charge in [0.2, 0.25) is 5.91 Å². The van der Waals surface area contributed by atoms with Crippen molar-refractivity contribution in [3.63, 3.8) is 0 Å². The molecule has 0 bridgehead atoms. The van der Waals surface area contributed by atoms with E-state index in [9.17, 15) is 4.79 Å². The van der Waals surface area contributed by atoms with E-state index in [1.54, 1.807) is 6.26 Å². The average molecular weight is 376 g/mol. The molecule has 0 saturated carbocycles. The lowest BCUT2D eigenvalue weighted by Crippen LogP contribution is -2.29. The molecule has 140 valence electrons. The van der Waals surface area contributed by atoms with Gasteiger partial charge in [-0.2, -0.15) is 0 Å². The first-order valence-electron chi connectivity index (χ1n) is 9.22. The van der Waals surface area contributed by atoms with Gasteiger partial charge in [-0.1, -0.05) is 11.8 Å². The van der Waals surface area contributed by atoms with Crippen LogP contribution in [0.25, 0.3) is 11.4 Å². The lowest BCUT2D eigenvalue weighted by Gasteiger charge is -2.16. The molecule has 4 heterocycles. The molecule has 2 saturated heterocycles. The van der Waals surface area contributed by atoms with Gasteiger partial charge in [0.15, 0.2) is 11.0 Å². The molecule has 2 aliphatic heterocycles. The highest BCUT2D eigenvalue weighted by Gasteiger charge is 2.24. The summed E-state index contributed by atoms with van der Waals surface area (Å²) >= 11 is 1.46. The number of amides is 1. The zero-order valence-corrected chi connectivity index (χ0v) is 15.8. The Morgan fingerprint density at radius 2 is 2.15 bits per heavy atom. The molecule has 0 spiro atoms. The van der Waals surface area contributed by atoms with E-state index >= 15 is 0 Å². The number of carbonyl (C=O) groups excluding carboxylic acids is 1. The van der Waals surface area contributed by atoms with Crippen LogP contribution >= 0.6 is 11.8 Å². The molecular weight excluding hydrogens is 352 g/mol. The number of hydrogen-bond donors (Lipinski definition) is 0. The van der Waals surface area contributed by atoms with Crippen LogP contribution in [0, 0.1) is 6.92 Å². The lowest BCUT2D eigenvalue weighted by molar-refractivity contribution is -0.127. The summed E-state index contributed by atoms with van der Waals surface area (Å²) in [4.78, 5) is 14.3. The quantitative estimate of drug-likeness (QED) is 0.722. The summed E-state index contributed by atoms with van der Waals surface area (Å²) in [5.74, 6) is 2.17. The van der Waals surface area contributed by atoms with Crippen LogP contribution < -0.4 is 0 Å². The van der Waals surface area contributed by atoms with Gasteiger partial charge in [-0.3, -0.25) is 9.36 Å². The Morgan fingerprint density at radius 1 is 1.31 bits per heavy atom. The van der Waals surface area contributed by atoms with Gasteiger partial charge >= 0.3 is 0 Å². The third kappa shape index (κ3) is 3.66. The second kappa shape index (κ2) is 7.84. The fourth-order valence-electron chi connectivity index (χ4n) is 3.55. The molecule has 0 N–H and O–H groups in total. The van der Waals surface area contributed by atoms with Crippen LogP contribution in [0.2, 0.25) is 0 Å². The zero-order chi connectivity index (χ0) is 17.9. The Hall–Kier alpha value is -1.80. The number of aryl methyl sites for hydroxylation is 1. The van der Waals surface area contributed by atoms with E-state index in [1.807, 2.05) is 17.9 Å². The molecule has 4 rings (SSSR count). The number of aromatic nitrogens is 3. The Kier molecular flexibility index (Phi) is 5.31. The van der Waals surface area contributed by atoms with Crippen molar-refractivity contribution in [2.45, 2.75) is 50.4 Å². The van der Waals surface area contributed by atoms with Gasteiger partial charge in [0.25, 0.3) is 0 Å². The topological polar surface area (TPSA) is 73.4 Å². The number of furan rings is 1. The summed E-state index contributed by atoms with van der Waals surface area (Å²) in [6, 6.07) is 1.91. The monoisotopic (exact) mass is 376 g/mol. The van der Waals surface area contributed by atoms with E-state index in [2.05, 4.69) is 14.8 Å². The fourth-order valence-corrected chi connectivity index (χ4v) is 4.40. The minimum atomic E-state index is 0.172. The predicted molar refractivity (Wildman–Crippen MR) is 98.0 cm³/mol. The number of likely N-dealkylation sites (tertiary alicyclic amines) is 1. The van der Waals surface area contributed by atoms with Crippen LogP contribution in [0.5, 0.6) is 0 Å². The summed E-state index contributed by atoms with van der Waals surface area (Å²) in [6.07, 6.45) is 6.18. The van der Waals surface area contributed by atoms with Crippen molar-refractivity contribution >= 4 is 17.7 Å². The van der Waals surface area contributed by atoms with Crippen molar-refractivity contribution in [3.05, 3.63) is 18.1 Å². The molecule has 2 fully saturated rings. The first-order chi connectivity index (χ1) is 12.7. The van der Waals surface area contributed by atoms with Gasteiger partial charge in [0, 0.05) is 19.7 Å².